The Kier molecular flexibility index (Phi) is 12.8. The van der Waals surface area contributed by atoms with Crippen LogP contribution in [0.4, 0.5) is 0 Å². The summed E-state index contributed by atoms with van der Waals surface area (Å²) in [6.07, 6.45) is 0. The molecule has 0 aromatic heterocycles. The standard InChI is InChI=1S/C7H8.K.H2O3S/c1-7-5-3-2-4-6-7;;1-4(2)3/h2-6H,1H3;;(H2,1,2,3)/q;+1;/p-1. The van der Waals surface area contributed by atoms with E-state index in [9.17, 15) is 0 Å². The molecule has 3 nitrogen and oxygen atoms in total. The van der Waals surface area contributed by atoms with Gasteiger partial charge in [0.15, 0.2) is 0 Å². The van der Waals surface area contributed by atoms with Gasteiger partial charge in [-0.1, -0.05) is 35.9 Å². The maximum Gasteiger partial charge on any atom is 1.00 e. The average Bonchev–Trinajstić information content (AvgIpc) is 1.87. The summed E-state index contributed by atoms with van der Waals surface area (Å²) in [6.45, 7) is 2.08. The van der Waals surface area contributed by atoms with Gasteiger partial charge in [-0.25, -0.2) is 4.21 Å². The van der Waals surface area contributed by atoms with Crippen molar-refractivity contribution in [1.82, 2.24) is 0 Å². The molecule has 0 radical (unpaired) electrons. The van der Waals surface area contributed by atoms with Gasteiger partial charge < -0.3 is 9.11 Å². The Balaban J connectivity index is 0. The van der Waals surface area contributed by atoms with Crippen molar-refractivity contribution in [1.29, 1.82) is 0 Å². The van der Waals surface area contributed by atoms with E-state index in [0.717, 1.165) is 0 Å². The summed E-state index contributed by atoms with van der Waals surface area (Å²) < 4.78 is 24.1. The van der Waals surface area contributed by atoms with E-state index in [4.69, 9.17) is 13.3 Å². The van der Waals surface area contributed by atoms with Gasteiger partial charge in [-0.05, 0) is 6.92 Å². The third-order valence-electron chi connectivity index (χ3n) is 0.940. The summed E-state index contributed by atoms with van der Waals surface area (Å²) in [6, 6.07) is 10.3. The van der Waals surface area contributed by atoms with E-state index in [1.807, 2.05) is 18.2 Å². The summed E-state index contributed by atoms with van der Waals surface area (Å²) in [4.78, 5) is 0. The molecule has 0 saturated carbocycles. The molecule has 0 bridgehead atoms. The van der Waals surface area contributed by atoms with Crippen molar-refractivity contribution in [2.75, 3.05) is 0 Å². The summed E-state index contributed by atoms with van der Waals surface area (Å²) in [5, 5.41) is 0. The molecule has 12 heavy (non-hydrogen) atoms. The molecule has 0 heterocycles. The number of aryl methyl sites for hydroxylation is 1. The normalized spacial score (nSPS) is 10.2. The zero-order valence-corrected chi connectivity index (χ0v) is 11.0. The van der Waals surface area contributed by atoms with Crippen molar-refractivity contribution in [3.8, 4) is 0 Å². The summed E-state index contributed by atoms with van der Waals surface area (Å²) in [5.74, 6) is 0. The van der Waals surface area contributed by atoms with Gasteiger partial charge in [0.25, 0.3) is 0 Å². The Hall–Kier alpha value is 0.926. The van der Waals surface area contributed by atoms with Crippen LogP contribution in [0.25, 0.3) is 0 Å². The van der Waals surface area contributed by atoms with Gasteiger partial charge in [0.05, 0.1) is 11.4 Å². The fraction of sp³-hybridized carbons (Fsp3) is 0.143. The smallest absolute Gasteiger partial charge is 0.750 e. The minimum absolute atomic E-state index is 0. The quantitative estimate of drug-likeness (QED) is 0.413. The average molecular weight is 212 g/mol. The molecule has 62 valence electrons. The van der Waals surface area contributed by atoms with Crippen LogP contribution in [0.1, 0.15) is 5.56 Å². The van der Waals surface area contributed by atoms with Crippen LogP contribution in [-0.4, -0.2) is 13.3 Å². The molecule has 0 aliphatic heterocycles. The first-order chi connectivity index (χ1) is 5.13. The van der Waals surface area contributed by atoms with Gasteiger partial charge in [0.2, 0.25) is 0 Å². The Morgan fingerprint density at radius 2 is 1.67 bits per heavy atom. The van der Waals surface area contributed by atoms with Gasteiger partial charge in [-0.3, -0.25) is 0 Å². The van der Waals surface area contributed by atoms with E-state index in [2.05, 4.69) is 19.1 Å². The predicted octanol–water partition coefficient (Wildman–Crippen LogP) is -1.66. The largest absolute Gasteiger partial charge is 1.00 e. The van der Waals surface area contributed by atoms with Crippen LogP contribution in [0.3, 0.4) is 0 Å². The summed E-state index contributed by atoms with van der Waals surface area (Å²) in [7, 11) is 0. The SMILES string of the molecule is Cc1ccccc1.O=S([O-])O.[K+]. The Morgan fingerprint density at radius 3 is 1.83 bits per heavy atom. The fourth-order valence-electron chi connectivity index (χ4n) is 0.534. The molecule has 0 spiro atoms. The van der Waals surface area contributed by atoms with Crippen LogP contribution in [0.5, 0.6) is 0 Å². The molecule has 5 heteroatoms. The molecule has 0 amide bonds. The van der Waals surface area contributed by atoms with Crippen LogP contribution in [0, 0.1) is 6.92 Å². The maximum atomic E-state index is 8.56. The summed E-state index contributed by atoms with van der Waals surface area (Å²) >= 11 is -2.86. The topological polar surface area (TPSA) is 60.4 Å². The zero-order chi connectivity index (χ0) is 8.69. The molecule has 1 aromatic carbocycles. The molecular formula is C7H9KO3S. The zero-order valence-electron chi connectivity index (χ0n) is 7.06. The molecule has 0 aliphatic rings. The van der Waals surface area contributed by atoms with Gasteiger partial charge in [-0.2, -0.15) is 0 Å². The molecule has 0 saturated heterocycles. The van der Waals surface area contributed by atoms with E-state index in [-0.39, 0.29) is 51.4 Å². The van der Waals surface area contributed by atoms with Gasteiger partial charge in [0, 0.05) is 0 Å². The predicted molar refractivity (Wildman–Crippen MR) is 42.7 cm³/mol. The minimum atomic E-state index is -2.86. The fourth-order valence-corrected chi connectivity index (χ4v) is 0.534. The van der Waals surface area contributed by atoms with Crippen LogP contribution < -0.4 is 51.4 Å². The third kappa shape index (κ3) is 13.5. The van der Waals surface area contributed by atoms with Crippen molar-refractivity contribution in [2.24, 2.45) is 0 Å². The second kappa shape index (κ2) is 10.0. The number of benzene rings is 1. The molecule has 0 fully saturated rings. The molecule has 0 aliphatic carbocycles. The van der Waals surface area contributed by atoms with E-state index in [1.165, 1.54) is 5.56 Å². The first kappa shape index (κ1) is 15.4. The Labute approximate surface area is 117 Å². The molecule has 1 unspecified atom stereocenters. The van der Waals surface area contributed by atoms with Crippen LogP contribution in [0.2, 0.25) is 0 Å². The van der Waals surface area contributed by atoms with Gasteiger partial charge >= 0.3 is 51.4 Å². The third-order valence-corrected chi connectivity index (χ3v) is 0.940. The molecule has 1 atom stereocenters. The van der Waals surface area contributed by atoms with E-state index >= 15 is 0 Å². The van der Waals surface area contributed by atoms with Crippen LogP contribution in [0.15, 0.2) is 30.3 Å². The van der Waals surface area contributed by atoms with Crippen LogP contribution in [-0.2, 0) is 11.4 Å². The van der Waals surface area contributed by atoms with E-state index in [0.29, 0.717) is 0 Å². The van der Waals surface area contributed by atoms with Crippen molar-refractivity contribution >= 4 is 11.4 Å². The molecule has 1 aromatic rings. The molecule has 1 rings (SSSR count). The maximum absolute atomic E-state index is 8.56. The monoisotopic (exact) mass is 212 g/mol. The second-order valence-electron chi connectivity index (χ2n) is 1.87. The minimum Gasteiger partial charge on any atom is -0.750 e. The Morgan fingerprint density at radius 1 is 1.33 bits per heavy atom. The van der Waals surface area contributed by atoms with Crippen molar-refractivity contribution in [3.63, 3.8) is 0 Å². The van der Waals surface area contributed by atoms with Gasteiger partial charge in [-0.15, -0.1) is 0 Å². The van der Waals surface area contributed by atoms with Gasteiger partial charge in [0.1, 0.15) is 0 Å². The van der Waals surface area contributed by atoms with E-state index in [1.54, 1.807) is 0 Å². The number of hydrogen-bond donors (Lipinski definition) is 1. The van der Waals surface area contributed by atoms with Crippen molar-refractivity contribution < 1.29 is 64.7 Å². The first-order valence-electron chi connectivity index (χ1n) is 2.93. The number of hydrogen-bond acceptors (Lipinski definition) is 2. The molecule has 1 N–H and O–H groups in total. The van der Waals surface area contributed by atoms with Crippen LogP contribution >= 0.6 is 0 Å². The van der Waals surface area contributed by atoms with Crippen molar-refractivity contribution in [3.05, 3.63) is 35.9 Å². The van der Waals surface area contributed by atoms with E-state index < -0.39 is 11.4 Å². The second-order valence-corrected chi connectivity index (χ2v) is 2.31. The summed E-state index contributed by atoms with van der Waals surface area (Å²) in [5.41, 5.74) is 1.32. The molecular weight excluding hydrogens is 203 g/mol. The number of rotatable bonds is 0. The van der Waals surface area contributed by atoms with Crippen molar-refractivity contribution in [2.45, 2.75) is 6.92 Å². The first-order valence-corrected chi connectivity index (χ1v) is 3.96. The Bertz CT molecular complexity index is 211.